The summed E-state index contributed by atoms with van der Waals surface area (Å²) in [5.41, 5.74) is 0.0868. The van der Waals surface area contributed by atoms with Crippen LogP contribution in [0.4, 0.5) is 0 Å². The first kappa shape index (κ1) is 16.7. The van der Waals surface area contributed by atoms with Crippen LogP contribution in [-0.2, 0) is 10.0 Å². The summed E-state index contributed by atoms with van der Waals surface area (Å²) in [6, 6.07) is 2.85. The average molecular weight is 331 g/mol. The molecule has 1 aromatic rings. The van der Waals surface area contributed by atoms with Gasteiger partial charge in [0.05, 0.1) is 4.90 Å². The second kappa shape index (κ2) is 6.23. The van der Waals surface area contributed by atoms with Crippen molar-refractivity contribution in [1.82, 2.24) is 9.71 Å². The third-order valence-corrected chi connectivity index (χ3v) is 5.89. The molecule has 0 amide bonds. The van der Waals surface area contributed by atoms with Crippen molar-refractivity contribution in [3.63, 3.8) is 0 Å². The number of sulfonamides is 1. The SMILES string of the molecule is CC(C)(C)C1CCCCC1NS(=O)(=O)c1ccnc(Cl)c1. The molecule has 0 aromatic carbocycles. The highest BCUT2D eigenvalue weighted by molar-refractivity contribution is 7.89. The first-order chi connectivity index (χ1) is 9.70. The van der Waals surface area contributed by atoms with Crippen molar-refractivity contribution >= 4 is 21.6 Å². The van der Waals surface area contributed by atoms with Gasteiger partial charge in [-0.3, -0.25) is 0 Å². The second-order valence-electron chi connectivity index (χ2n) is 6.80. The number of aromatic nitrogens is 1. The Kier molecular flexibility index (Phi) is 4.96. The molecule has 0 saturated heterocycles. The van der Waals surface area contributed by atoms with Crippen LogP contribution in [0.3, 0.4) is 0 Å². The standard InChI is InChI=1S/C15H23ClN2O2S/c1-15(2,3)12-6-4-5-7-13(12)18-21(19,20)11-8-9-17-14(16)10-11/h8-10,12-13,18H,4-7H2,1-3H3. The molecule has 1 aliphatic rings. The van der Waals surface area contributed by atoms with Crippen LogP contribution in [0.15, 0.2) is 23.2 Å². The van der Waals surface area contributed by atoms with Crippen LogP contribution >= 0.6 is 11.6 Å². The molecule has 0 radical (unpaired) electrons. The van der Waals surface area contributed by atoms with Crippen molar-refractivity contribution in [2.24, 2.45) is 11.3 Å². The lowest BCUT2D eigenvalue weighted by atomic mass is 9.70. The van der Waals surface area contributed by atoms with Crippen LogP contribution in [0, 0.1) is 11.3 Å². The van der Waals surface area contributed by atoms with E-state index in [9.17, 15) is 8.42 Å². The summed E-state index contributed by atoms with van der Waals surface area (Å²) in [6.45, 7) is 6.52. The maximum Gasteiger partial charge on any atom is 0.240 e. The fraction of sp³-hybridized carbons (Fsp3) is 0.667. The highest BCUT2D eigenvalue weighted by Gasteiger charge is 2.36. The van der Waals surface area contributed by atoms with Gasteiger partial charge in [0.2, 0.25) is 10.0 Å². The maximum absolute atomic E-state index is 12.5. The van der Waals surface area contributed by atoms with Gasteiger partial charge in [0, 0.05) is 12.2 Å². The monoisotopic (exact) mass is 330 g/mol. The summed E-state index contributed by atoms with van der Waals surface area (Å²) in [6.07, 6.45) is 5.60. The zero-order valence-corrected chi connectivity index (χ0v) is 14.3. The second-order valence-corrected chi connectivity index (χ2v) is 8.90. The Morgan fingerprint density at radius 3 is 2.57 bits per heavy atom. The predicted molar refractivity (Wildman–Crippen MR) is 84.8 cm³/mol. The Labute approximate surface area is 132 Å². The molecule has 2 rings (SSSR count). The molecule has 1 N–H and O–H groups in total. The molecule has 1 saturated carbocycles. The minimum absolute atomic E-state index is 0.0179. The quantitative estimate of drug-likeness (QED) is 0.861. The largest absolute Gasteiger partial charge is 0.244 e. The topological polar surface area (TPSA) is 59.1 Å². The molecule has 21 heavy (non-hydrogen) atoms. The van der Waals surface area contributed by atoms with E-state index in [1.807, 2.05) is 0 Å². The molecule has 1 aromatic heterocycles. The molecule has 2 atom stereocenters. The van der Waals surface area contributed by atoms with Gasteiger partial charge in [-0.05, 0) is 36.3 Å². The van der Waals surface area contributed by atoms with E-state index in [1.54, 1.807) is 0 Å². The van der Waals surface area contributed by atoms with Crippen molar-refractivity contribution in [2.75, 3.05) is 0 Å². The average Bonchev–Trinajstić information content (AvgIpc) is 2.37. The van der Waals surface area contributed by atoms with Crippen molar-refractivity contribution in [2.45, 2.75) is 57.4 Å². The molecule has 6 heteroatoms. The number of rotatable bonds is 3. The third kappa shape index (κ3) is 4.18. The van der Waals surface area contributed by atoms with E-state index in [0.717, 1.165) is 19.3 Å². The smallest absolute Gasteiger partial charge is 0.240 e. The molecule has 0 aliphatic heterocycles. The molecule has 1 aliphatic carbocycles. The number of nitrogens with one attached hydrogen (secondary N) is 1. The Morgan fingerprint density at radius 2 is 1.95 bits per heavy atom. The summed E-state index contributed by atoms with van der Waals surface area (Å²) in [5.74, 6) is 0.346. The lowest BCUT2D eigenvalue weighted by Crippen LogP contribution is -2.46. The Bertz CT molecular complexity index is 596. The number of hydrogen-bond acceptors (Lipinski definition) is 3. The van der Waals surface area contributed by atoms with Crippen molar-refractivity contribution in [3.8, 4) is 0 Å². The highest BCUT2D eigenvalue weighted by Crippen LogP contribution is 2.38. The van der Waals surface area contributed by atoms with Gasteiger partial charge in [0.15, 0.2) is 0 Å². The minimum Gasteiger partial charge on any atom is -0.244 e. The van der Waals surface area contributed by atoms with Crippen molar-refractivity contribution < 1.29 is 8.42 Å². The van der Waals surface area contributed by atoms with Crippen LogP contribution in [0.2, 0.25) is 5.15 Å². The van der Waals surface area contributed by atoms with Gasteiger partial charge in [-0.2, -0.15) is 0 Å². The van der Waals surface area contributed by atoms with Crippen LogP contribution in [0.25, 0.3) is 0 Å². The lowest BCUT2D eigenvalue weighted by Gasteiger charge is -2.40. The van der Waals surface area contributed by atoms with E-state index < -0.39 is 10.0 Å². The molecule has 0 spiro atoms. The molecule has 0 bridgehead atoms. The van der Waals surface area contributed by atoms with Crippen LogP contribution in [0.1, 0.15) is 46.5 Å². The van der Waals surface area contributed by atoms with Gasteiger partial charge in [0.25, 0.3) is 0 Å². The summed E-state index contributed by atoms with van der Waals surface area (Å²) < 4.78 is 27.9. The Hall–Kier alpha value is -0.650. The number of halogens is 1. The van der Waals surface area contributed by atoms with Crippen LogP contribution in [0.5, 0.6) is 0 Å². The van der Waals surface area contributed by atoms with E-state index >= 15 is 0 Å². The Morgan fingerprint density at radius 1 is 1.29 bits per heavy atom. The van der Waals surface area contributed by atoms with Gasteiger partial charge in [-0.25, -0.2) is 18.1 Å². The van der Waals surface area contributed by atoms with Gasteiger partial charge < -0.3 is 0 Å². The predicted octanol–water partition coefficient (Wildman–Crippen LogP) is 3.62. The number of hydrogen-bond donors (Lipinski definition) is 1. The fourth-order valence-electron chi connectivity index (χ4n) is 3.13. The number of pyridine rings is 1. The highest BCUT2D eigenvalue weighted by atomic mass is 35.5. The number of nitrogens with zero attached hydrogens (tertiary/aromatic N) is 1. The summed E-state index contributed by atoms with van der Waals surface area (Å²) >= 11 is 5.79. The van der Waals surface area contributed by atoms with E-state index in [0.29, 0.717) is 5.92 Å². The zero-order chi connectivity index (χ0) is 15.7. The molecule has 4 nitrogen and oxygen atoms in total. The van der Waals surface area contributed by atoms with Crippen LogP contribution in [-0.4, -0.2) is 19.4 Å². The molecule has 118 valence electrons. The maximum atomic E-state index is 12.5. The van der Waals surface area contributed by atoms with Gasteiger partial charge in [-0.1, -0.05) is 45.2 Å². The summed E-state index contributed by atoms with van der Waals surface area (Å²) in [4.78, 5) is 4.01. The Balaban J connectivity index is 2.22. The first-order valence-electron chi connectivity index (χ1n) is 7.34. The van der Waals surface area contributed by atoms with Crippen molar-refractivity contribution in [3.05, 3.63) is 23.5 Å². The van der Waals surface area contributed by atoms with E-state index in [-0.39, 0.29) is 21.5 Å². The molecule has 1 heterocycles. The summed E-state index contributed by atoms with van der Waals surface area (Å²) in [7, 11) is -3.55. The normalized spacial score (nSPS) is 24.0. The van der Waals surface area contributed by atoms with Gasteiger partial charge in [0.1, 0.15) is 5.15 Å². The lowest BCUT2D eigenvalue weighted by molar-refractivity contribution is 0.144. The third-order valence-electron chi connectivity index (χ3n) is 4.19. The van der Waals surface area contributed by atoms with Gasteiger partial charge >= 0.3 is 0 Å². The minimum atomic E-state index is -3.55. The zero-order valence-electron chi connectivity index (χ0n) is 12.8. The van der Waals surface area contributed by atoms with E-state index in [2.05, 4.69) is 30.5 Å². The van der Waals surface area contributed by atoms with Crippen molar-refractivity contribution in [1.29, 1.82) is 0 Å². The van der Waals surface area contributed by atoms with E-state index in [4.69, 9.17) is 11.6 Å². The molecular formula is C15H23ClN2O2S. The summed E-state index contributed by atoms with van der Waals surface area (Å²) in [5, 5.41) is 0.189. The molecular weight excluding hydrogens is 308 g/mol. The molecule has 1 fully saturated rings. The fourth-order valence-corrected chi connectivity index (χ4v) is 4.69. The first-order valence-corrected chi connectivity index (χ1v) is 9.20. The molecule has 2 unspecified atom stereocenters. The van der Waals surface area contributed by atoms with Gasteiger partial charge in [-0.15, -0.1) is 0 Å². The van der Waals surface area contributed by atoms with Crippen LogP contribution < -0.4 is 4.72 Å². The van der Waals surface area contributed by atoms with E-state index in [1.165, 1.54) is 24.8 Å².